The maximum absolute atomic E-state index is 6.76. The number of para-hydroxylation sites is 2. The summed E-state index contributed by atoms with van der Waals surface area (Å²) in [6, 6.07) is 56.3. The van der Waals surface area contributed by atoms with Crippen molar-refractivity contribution in [1.29, 1.82) is 0 Å². The second-order valence-corrected chi connectivity index (χ2v) is 17.5. The van der Waals surface area contributed by atoms with E-state index in [1.54, 1.807) is 0 Å². The second-order valence-electron chi connectivity index (χ2n) is 17.5. The summed E-state index contributed by atoms with van der Waals surface area (Å²) in [5.41, 5.74) is 16.4. The van der Waals surface area contributed by atoms with Gasteiger partial charge in [-0.15, -0.1) is 0 Å². The number of pyridine rings is 2. The molecule has 0 saturated carbocycles. The maximum atomic E-state index is 6.76. The summed E-state index contributed by atoms with van der Waals surface area (Å²) in [5.74, 6) is 2.36. The molecule has 0 radical (unpaired) electrons. The van der Waals surface area contributed by atoms with Gasteiger partial charge in [0, 0.05) is 52.1 Å². The smallest absolute Gasteiger partial charge is 0.137 e. The first-order valence-electron chi connectivity index (χ1n) is 20.8. The number of rotatable bonds is 6. The Morgan fingerprint density at radius 3 is 2.18 bits per heavy atom. The van der Waals surface area contributed by atoms with Gasteiger partial charge in [0.15, 0.2) is 0 Å². The SMILES string of the molecule is CC(C)(C)c1ccnc(-n2c3cc(Oc4cccc(N5CN(c6c(-c7ccccc7)ccc7c6-c6ccccc6C7(C)C)c6ccccc65)c4)ccc3c3ncccc32)c1. The van der Waals surface area contributed by atoms with Crippen LogP contribution in [0.25, 0.3) is 50.0 Å². The molecule has 1 aliphatic heterocycles. The average Bonchev–Trinajstić information content (AvgIpc) is 3.89. The highest BCUT2D eigenvalue weighted by atomic mass is 16.5. The number of nitrogens with zero attached hydrogens (tertiary/aromatic N) is 5. The lowest BCUT2D eigenvalue weighted by Crippen LogP contribution is -2.25. The molecule has 0 bridgehead atoms. The van der Waals surface area contributed by atoms with Crippen molar-refractivity contribution in [2.45, 2.75) is 45.4 Å². The molecule has 0 unspecified atom stereocenters. The van der Waals surface area contributed by atoms with Crippen molar-refractivity contribution in [1.82, 2.24) is 14.5 Å². The number of hydrogen-bond donors (Lipinski definition) is 0. The third kappa shape index (κ3) is 5.62. The van der Waals surface area contributed by atoms with Crippen molar-refractivity contribution in [3.63, 3.8) is 0 Å². The standard InChI is InChI=1S/C54H45N5O/c1-53(2,3)36-28-30-55-49(31-36)59-47-23-14-29-56-51(47)42-25-24-39(33-48(42)59)60-38-18-13-17-37(32-38)57-34-58(46-22-12-11-21-45(46)57)52-40(35-15-7-6-8-16-35)26-27-44-50(52)41-19-9-10-20-43(41)54(44,4)5/h6-33H,34H2,1-5H3. The number of anilines is 4. The molecule has 0 amide bonds. The van der Waals surface area contributed by atoms with Gasteiger partial charge >= 0.3 is 0 Å². The maximum Gasteiger partial charge on any atom is 0.137 e. The first-order chi connectivity index (χ1) is 29.1. The average molecular weight is 780 g/mol. The lowest BCUT2D eigenvalue weighted by atomic mass is 9.82. The Kier molecular flexibility index (Phi) is 8.05. The van der Waals surface area contributed by atoms with E-state index in [-0.39, 0.29) is 10.8 Å². The predicted molar refractivity (Wildman–Crippen MR) is 247 cm³/mol. The summed E-state index contributed by atoms with van der Waals surface area (Å²) in [4.78, 5) is 14.6. The molecule has 9 aromatic rings. The molecule has 3 aromatic heterocycles. The molecule has 0 N–H and O–H groups in total. The van der Waals surface area contributed by atoms with Gasteiger partial charge in [0.2, 0.25) is 0 Å². The summed E-state index contributed by atoms with van der Waals surface area (Å²) in [7, 11) is 0. The lowest BCUT2D eigenvalue weighted by molar-refractivity contribution is 0.483. The van der Waals surface area contributed by atoms with E-state index in [9.17, 15) is 0 Å². The number of ether oxygens (including phenoxy) is 1. The molecule has 292 valence electrons. The van der Waals surface area contributed by atoms with Gasteiger partial charge in [-0.3, -0.25) is 9.55 Å². The molecule has 0 spiro atoms. The number of fused-ring (bicyclic) bond motifs is 7. The molecule has 6 heteroatoms. The van der Waals surface area contributed by atoms with Crippen LogP contribution >= 0.6 is 0 Å². The van der Waals surface area contributed by atoms with Gasteiger partial charge in [0.05, 0.1) is 33.6 Å². The third-order valence-corrected chi connectivity index (χ3v) is 12.5. The molecular formula is C54H45N5O. The molecule has 0 saturated heterocycles. The van der Waals surface area contributed by atoms with Gasteiger partial charge in [0.1, 0.15) is 24.0 Å². The minimum atomic E-state index is -0.124. The fraction of sp³-hybridized carbons (Fsp3) is 0.148. The summed E-state index contributed by atoms with van der Waals surface area (Å²) in [6.45, 7) is 12.0. The van der Waals surface area contributed by atoms with Gasteiger partial charge in [-0.05, 0) is 93.9 Å². The van der Waals surface area contributed by atoms with Crippen molar-refractivity contribution in [3.8, 4) is 39.6 Å². The van der Waals surface area contributed by atoms with E-state index in [1.165, 1.54) is 50.3 Å². The van der Waals surface area contributed by atoms with Crippen molar-refractivity contribution >= 4 is 44.7 Å². The van der Waals surface area contributed by atoms with Gasteiger partial charge in [0.25, 0.3) is 0 Å². The van der Waals surface area contributed by atoms with Crippen molar-refractivity contribution < 1.29 is 4.74 Å². The third-order valence-electron chi connectivity index (χ3n) is 12.5. The van der Waals surface area contributed by atoms with Crippen LogP contribution in [0, 0.1) is 0 Å². The zero-order valence-electron chi connectivity index (χ0n) is 34.5. The first-order valence-corrected chi connectivity index (χ1v) is 20.8. The Bertz CT molecular complexity index is 3140. The topological polar surface area (TPSA) is 46.4 Å². The summed E-state index contributed by atoms with van der Waals surface area (Å²) < 4.78 is 8.96. The van der Waals surface area contributed by atoms with E-state index >= 15 is 0 Å². The van der Waals surface area contributed by atoms with E-state index in [0.29, 0.717) is 6.67 Å². The molecule has 1 aliphatic carbocycles. The monoisotopic (exact) mass is 779 g/mol. The Labute approximate surface area is 351 Å². The fourth-order valence-electron chi connectivity index (χ4n) is 9.51. The van der Waals surface area contributed by atoms with Crippen LogP contribution in [0.2, 0.25) is 0 Å². The van der Waals surface area contributed by atoms with Crippen LogP contribution in [-0.4, -0.2) is 21.2 Å². The fourth-order valence-corrected chi connectivity index (χ4v) is 9.51. The van der Waals surface area contributed by atoms with E-state index in [1.807, 2.05) is 30.6 Å². The molecule has 0 fully saturated rings. The van der Waals surface area contributed by atoms with Gasteiger partial charge in [-0.2, -0.15) is 0 Å². The van der Waals surface area contributed by atoms with E-state index in [4.69, 9.17) is 14.7 Å². The Hall–Kier alpha value is -7.18. The van der Waals surface area contributed by atoms with Crippen LogP contribution in [0.15, 0.2) is 170 Å². The van der Waals surface area contributed by atoms with Crippen LogP contribution in [-0.2, 0) is 10.8 Å². The highest BCUT2D eigenvalue weighted by molar-refractivity contribution is 6.07. The van der Waals surface area contributed by atoms with Gasteiger partial charge in [-0.1, -0.05) is 120 Å². The van der Waals surface area contributed by atoms with E-state index in [2.05, 4.69) is 189 Å². The van der Waals surface area contributed by atoms with Gasteiger partial charge < -0.3 is 14.5 Å². The van der Waals surface area contributed by atoms with Crippen molar-refractivity contribution in [2.75, 3.05) is 16.5 Å². The number of hydrogen-bond acceptors (Lipinski definition) is 5. The first kappa shape index (κ1) is 35.9. The van der Waals surface area contributed by atoms with Crippen molar-refractivity contribution in [2.24, 2.45) is 0 Å². The second kappa shape index (κ2) is 13.4. The van der Waals surface area contributed by atoms with Gasteiger partial charge in [-0.25, -0.2) is 4.98 Å². The Morgan fingerprint density at radius 1 is 0.583 bits per heavy atom. The molecule has 11 rings (SSSR count). The highest BCUT2D eigenvalue weighted by Crippen LogP contribution is 2.57. The highest BCUT2D eigenvalue weighted by Gasteiger charge is 2.40. The summed E-state index contributed by atoms with van der Waals surface area (Å²) >= 11 is 0. The molecule has 2 aliphatic rings. The summed E-state index contributed by atoms with van der Waals surface area (Å²) in [5, 5.41) is 1.05. The van der Waals surface area contributed by atoms with E-state index < -0.39 is 0 Å². The molecule has 0 atom stereocenters. The van der Waals surface area contributed by atoms with Crippen molar-refractivity contribution in [3.05, 3.63) is 187 Å². The Morgan fingerprint density at radius 2 is 1.35 bits per heavy atom. The van der Waals surface area contributed by atoms with Crippen LogP contribution in [0.5, 0.6) is 11.5 Å². The quantitative estimate of drug-likeness (QED) is 0.168. The van der Waals surface area contributed by atoms with Crippen LogP contribution < -0.4 is 14.5 Å². The van der Waals surface area contributed by atoms with Crippen LogP contribution in [0.3, 0.4) is 0 Å². The zero-order valence-corrected chi connectivity index (χ0v) is 34.5. The Balaban J connectivity index is 0.994. The number of aromatic nitrogens is 3. The number of benzene rings is 6. The molecular weight excluding hydrogens is 735 g/mol. The summed E-state index contributed by atoms with van der Waals surface area (Å²) in [6.07, 6.45) is 3.76. The molecule has 4 heterocycles. The van der Waals surface area contributed by atoms with Crippen LogP contribution in [0.4, 0.5) is 22.7 Å². The minimum absolute atomic E-state index is 0.0193. The molecule has 60 heavy (non-hydrogen) atoms. The predicted octanol–water partition coefficient (Wildman–Crippen LogP) is 13.9. The lowest BCUT2D eigenvalue weighted by Gasteiger charge is -2.28. The van der Waals surface area contributed by atoms with Crippen LogP contribution in [0.1, 0.15) is 51.3 Å². The largest absolute Gasteiger partial charge is 0.457 e. The normalized spacial score (nSPS) is 14.1. The molecule has 6 nitrogen and oxygen atoms in total. The molecule has 6 aromatic carbocycles. The zero-order chi connectivity index (χ0) is 40.8. The minimum Gasteiger partial charge on any atom is -0.457 e. The van der Waals surface area contributed by atoms with E-state index in [0.717, 1.165) is 50.6 Å².